The summed E-state index contributed by atoms with van der Waals surface area (Å²) in [6.07, 6.45) is 1.50. The van der Waals surface area contributed by atoms with E-state index in [0.29, 0.717) is 31.8 Å². The summed E-state index contributed by atoms with van der Waals surface area (Å²) in [4.78, 5) is 20.0. The Labute approximate surface area is 203 Å². The molecule has 0 bridgehead atoms. The summed E-state index contributed by atoms with van der Waals surface area (Å²) in [6, 6.07) is 13.0. The number of fused-ring (bicyclic) bond motifs is 1. The van der Waals surface area contributed by atoms with Crippen molar-refractivity contribution in [2.45, 2.75) is 39.8 Å². The molecule has 0 amide bonds. The third kappa shape index (κ3) is 6.36. The normalized spacial score (nSPS) is 12.4. The van der Waals surface area contributed by atoms with E-state index in [4.69, 9.17) is 9.47 Å². The van der Waals surface area contributed by atoms with Gasteiger partial charge < -0.3 is 25.1 Å². The van der Waals surface area contributed by atoms with Gasteiger partial charge in [0.15, 0.2) is 11.6 Å². The fourth-order valence-electron chi connectivity index (χ4n) is 3.64. The summed E-state index contributed by atoms with van der Waals surface area (Å²) in [6.45, 7) is 7.22. The quantitative estimate of drug-likeness (QED) is 0.358. The van der Waals surface area contributed by atoms with Crippen LogP contribution in [0.25, 0.3) is 0 Å². The zero-order valence-corrected chi connectivity index (χ0v) is 20.0. The minimum atomic E-state index is -0.562. The molecule has 1 aromatic heterocycles. The molecule has 1 aliphatic heterocycles. The molecule has 0 atom stereocenters. The van der Waals surface area contributed by atoms with Crippen LogP contribution in [-0.4, -0.2) is 35.2 Å². The van der Waals surface area contributed by atoms with Crippen LogP contribution in [-0.2, 0) is 16.1 Å². The van der Waals surface area contributed by atoms with Crippen molar-refractivity contribution in [2.75, 3.05) is 28.8 Å². The van der Waals surface area contributed by atoms with Crippen molar-refractivity contribution in [1.29, 1.82) is 0 Å². The highest BCUT2D eigenvalue weighted by Gasteiger charge is 2.20. The lowest BCUT2D eigenvalue weighted by Gasteiger charge is -2.19. The molecule has 4 rings (SSSR count). The van der Waals surface area contributed by atoms with Crippen LogP contribution in [0.4, 0.5) is 33.2 Å². The van der Waals surface area contributed by atoms with Gasteiger partial charge in [0, 0.05) is 24.5 Å². The van der Waals surface area contributed by atoms with Gasteiger partial charge >= 0.3 is 5.97 Å². The van der Waals surface area contributed by atoms with Crippen LogP contribution in [0.3, 0.4) is 0 Å². The maximum absolute atomic E-state index is 14.4. The van der Waals surface area contributed by atoms with Gasteiger partial charge in [-0.1, -0.05) is 0 Å². The summed E-state index contributed by atoms with van der Waals surface area (Å²) >= 11 is 0. The number of nitrogens with zero attached hydrogens (tertiary/aromatic N) is 3. The van der Waals surface area contributed by atoms with Gasteiger partial charge in [-0.05, 0) is 68.8 Å². The topological polar surface area (TPSA) is 101 Å². The van der Waals surface area contributed by atoms with Crippen molar-refractivity contribution < 1.29 is 18.7 Å². The molecule has 2 heterocycles. The zero-order chi connectivity index (χ0) is 24.8. The van der Waals surface area contributed by atoms with E-state index in [1.165, 1.54) is 0 Å². The molecular formula is C25H29FN6O3. The highest BCUT2D eigenvalue weighted by molar-refractivity contribution is 5.71. The highest BCUT2D eigenvalue weighted by atomic mass is 19.1. The van der Waals surface area contributed by atoms with E-state index in [2.05, 4.69) is 26.0 Å². The molecule has 3 aromatic rings. The third-order valence-electron chi connectivity index (χ3n) is 5.16. The van der Waals surface area contributed by atoms with Crippen molar-refractivity contribution in [3.8, 4) is 5.75 Å². The Balaban J connectivity index is 1.41. The number of esters is 1. The van der Waals surface area contributed by atoms with Gasteiger partial charge in [0.2, 0.25) is 5.95 Å². The molecular weight excluding hydrogens is 451 g/mol. The first-order valence-corrected chi connectivity index (χ1v) is 11.5. The van der Waals surface area contributed by atoms with Crippen molar-refractivity contribution in [3.63, 3.8) is 0 Å². The molecule has 0 saturated heterocycles. The molecule has 0 saturated carbocycles. The molecule has 10 heteroatoms. The van der Waals surface area contributed by atoms with Crippen molar-refractivity contribution in [2.24, 2.45) is 0 Å². The van der Waals surface area contributed by atoms with E-state index in [-0.39, 0.29) is 23.8 Å². The molecule has 0 radical (unpaired) electrons. The van der Waals surface area contributed by atoms with Crippen LogP contribution in [0.5, 0.6) is 5.75 Å². The standard InChI is InChI=1S/C25H29FN6O3/c1-4-34-23(33)11-12-32-22-10-7-19(13-17(22)14-28-32)30-25-27-15-21(26)24(31-25)29-18-5-8-20(9-6-18)35-16(2)3/h5-10,13,15-16,28H,4,11-12,14H2,1-3H3,(H2,27,29,30,31). The fourth-order valence-corrected chi connectivity index (χ4v) is 3.64. The second kappa shape index (κ2) is 11.0. The van der Waals surface area contributed by atoms with Gasteiger partial charge in [0.05, 0.1) is 31.0 Å². The number of carbonyl (C=O) groups excluding carboxylic acids is 1. The van der Waals surface area contributed by atoms with E-state index in [1.807, 2.05) is 49.2 Å². The third-order valence-corrected chi connectivity index (χ3v) is 5.16. The average molecular weight is 481 g/mol. The van der Waals surface area contributed by atoms with E-state index < -0.39 is 5.82 Å². The molecule has 0 aliphatic carbocycles. The second-order valence-electron chi connectivity index (χ2n) is 8.22. The summed E-state index contributed by atoms with van der Waals surface area (Å²) < 4.78 is 25.0. The van der Waals surface area contributed by atoms with Crippen molar-refractivity contribution in [3.05, 3.63) is 60.0 Å². The van der Waals surface area contributed by atoms with Crippen LogP contribution in [0, 0.1) is 5.82 Å². The number of ether oxygens (including phenoxy) is 2. The first-order valence-electron chi connectivity index (χ1n) is 11.5. The second-order valence-corrected chi connectivity index (χ2v) is 8.22. The predicted molar refractivity (Wildman–Crippen MR) is 133 cm³/mol. The predicted octanol–water partition coefficient (Wildman–Crippen LogP) is 4.67. The lowest BCUT2D eigenvalue weighted by molar-refractivity contribution is -0.142. The molecule has 0 unspecified atom stereocenters. The van der Waals surface area contributed by atoms with E-state index >= 15 is 0 Å². The Kier molecular flexibility index (Phi) is 7.61. The van der Waals surface area contributed by atoms with E-state index in [9.17, 15) is 9.18 Å². The van der Waals surface area contributed by atoms with Gasteiger partial charge in [0.1, 0.15) is 5.75 Å². The van der Waals surface area contributed by atoms with Gasteiger partial charge in [0.25, 0.3) is 0 Å². The largest absolute Gasteiger partial charge is 0.491 e. The Morgan fingerprint density at radius 2 is 1.94 bits per heavy atom. The number of rotatable bonds is 10. The molecule has 2 aromatic carbocycles. The Bertz CT molecular complexity index is 1170. The molecule has 184 valence electrons. The first-order chi connectivity index (χ1) is 16.9. The van der Waals surface area contributed by atoms with Crippen LogP contribution < -0.4 is 25.8 Å². The van der Waals surface area contributed by atoms with Crippen LogP contribution in [0.2, 0.25) is 0 Å². The smallest absolute Gasteiger partial charge is 0.307 e. The number of hydrazine groups is 1. The number of benzene rings is 2. The molecule has 3 N–H and O–H groups in total. The van der Waals surface area contributed by atoms with Crippen molar-refractivity contribution >= 4 is 34.8 Å². The SMILES string of the molecule is CCOC(=O)CCN1NCc2cc(Nc3ncc(F)c(Nc4ccc(OC(C)C)cc4)n3)ccc21. The maximum atomic E-state index is 14.4. The van der Waals surface area contributed by atoms with Crippen LogP contribution in [0.15, 0.2) is 48.7 Å². The minimum Gasteiger partial charge on any atom is -0.491 e. The molecule has 35 heavy (non-hydrogen) atoms. The number of hydrogen-bond acceptors (Lipinski definition) is 9. The van der Waals surface area contributed by atoms with E-state index in [0.717, 1.165) is 28.9 Å². The van der Waals surface area contributed by atoms with Crippen molar-refractivity contribution in [1.82, 2.24) is 15.4 Å². The van der Waals surface area contributed by atoms with E-state index in [1.54, 1.807) is 19.1 Å². The lowest BCUT2D eigenvalue weighted by atomic mass is 10.1. The van der Waals surface area contributed by atoms with Gasteiger partial charge in [-0.25, -0.2) is 14.8 Å². The zero-order valence-electron chi connectivity index (χ0n) is 20.0. The Morgan fingerprint density at radius 3 is 2.69 bits per heavy atom. The fraction of sp³-hybridized carbons (Fsp3) is 0.320. The number of aromatic nitrogens is 2. The number of hydrogen-bond donors (Lipinski definition) is 3. The molecule has 9 nitrogen and oxygen atoms in total. The number of halogens is 1. The van der Waals surface area contributed by atoms with Crippen LogP contribution >= 0.6 is 0 Å². The number of nitrogens with one attached hydrogen (secondary N) is 3. The van der Waals surface area contributed by atoms with Gasteiger partial charge in [-0.15, -0.1) is 0 Å². The summed E-state index contributed by atoms with van der Waals surface area (Å²) in [5, 5.41) is 8.05. The maximum Gasteiger partial charge on any atom is 0.307 e. The summed E-state index contributed by atoms with van der Waals surface area (Å²) in [7, 11) is 0. The average Bonchev–Trinajstić information content (AvgIpc) is 3.23. The summed E-state index contributed by atoms with van der Waals surface area (Å²) in [5.41, 5.74) is 6.76. The monoisotopic (exact) mass is 480 g/mol. The highest BCUT2D eigenvalue weighted by Crippen LogP contribution is 2.29. The van der Waals surface area contributed by atoms with Gasteiger partial charge in [-0.3, -0.25) is 4.79 Å². The molecule has 0 fully saturated rings. The van der Waals surface area contributed by atoms with Gasteiger partial charge in [-0.2, -0.15) is 4.98 Å². The lowest BCUT2D eigenvalue weighted by Crippen LogP contribution is -2.34. The molecule has 0 spiro atoms. The first kappa shape index (κ1) is 24.2. The Hall–Kier alpha value is -3.92. The van der Waals surface area contributed by atoms with Crippen LogP contribution in [0.1, 0.15) is 32.8 Å². The summed E-state index contributed by atoms with van der Waals surface area (Å²) in [5.74, 6) is 0.278. The minimum absolute atomic E-state index is 0.0630. The number of carbonyl (C=O) groups is 1. The number of anilines is 5. The molecule has 1 aliphatic rings. The Morgan fingerprint density at radius 1 is 1.17 bits per heavy atom.